The number of ether oxygens (including phenoxy) is 1. The maximum Gasteiger partial charge on any atom is 0.573 e. The molecule has 2 aromatic rings. The summed E-state index contributed by atoms with van der Waals surface area (Å²) in [4.78, 5) is 12.1. The SMILES string of the molecule is CN(C)S(=O)(=O)c1cc(C(=O)Nc2ccccc2OC(F)(F)F)ccc1Cl. The lowest BCUT2D eigenvalue weighted by atomic mass is 10.2. The van der Waals surface area contributed by atoms with Gasteiger partial charge in [-0.25, -0.2) is 12.7 Å². The largest absolute Gasteiger partial charge is 0.573 e. The fraction of sp³-hybridized carbons (Fsp3) is 0.188. The summed E-state index contributed by atoms with van der Waals surface area (Å²) in [7, 11) is -1.33. The van der Waals surface area contributed by atoms with Crippen LogP contribution in [-0.4, -0.2) is 39.1 Å². The Morgan fingerprint density at radius 3 is 2.37 bits per heavy atom. The number of sulfonamides is 1. The highest BCUT2D eigenvalue weighted by Gasteiger charge is 2.32. The van der Waals surface area contributed by atoms with Crippen molar-refractivity contribution in [3.05, 3.63) is 53.1 Å². The summed E-state index contributed by atoms with van der Waals surface area (Å²) in [5.74, 6) is -1.44. The Bertz CT molecular complexity index is 962. The standard InChI is InChI=1S/C16H14ClF3N2O4S/c1-22(2)27(24,25)14-9-10(7-8-11(14)17)15(23)21-12-5-3-4-6-13(12)26-16(18,19)20/h3-9H,1-2H3,(H,21,23). The maximum atomic E-state index is 12.5. The number of benzene rings is 2. The molecular weight excluding hydrogens is 409 g/mol. The molecule has 0 radical (unpaired) electrons. The first kappa shape index (κ1) is 21.0. The molecule has 0 aromatic heterocycles. The Labute approximate surface area is 158 Å². The molecule has 27 heavy (non-hydrogen) atoms. The van der Waals surface area contributed by atoms with E-state index in [0.29, 0.717) is 0 Å². The van der Waals surface area contributed by atoms with Gasteiger partial charge in [-0.2, -0.15) is 0 Å². The molecule has 6 nitrogen and oxygen atoms in total. The zero-order chi connectivity index (χ0) is 20.4. The van der Waals surface area contributed by atoms with Crippen LogP contribution < -0.4 is 10.1 Å². The molecule has 0 saturated heterocycles. The second-order valence-electron chi connectivity index (χ2n) is 5.43. The van der Waals surface area contributed by atoms with Gasteiger partial charge in [-0.3, -0.25) is 4.79 Å². The topological polar surface area (TPSA) is 75.7 Å². The highest BCUT2D eigenvalue weighted by Crippen LogP contribution is 2.31. The molecule has 1 N–H and O–H groups in total. The summed E-state index contributed by atoms with van der Waals surface area (Å²) in [6.07, 6.45) is -4.94. The highest BCUT2D eigenvalue weighted by molar-refractivity contribution is 7.89. The van der Waals surface area contributed by atoms with Gasteiger partial charge in [0.05, 0.1) is 10.7 Å². The number of alkyl halides is 3. The number of halogens is 4. The zero-order valence-corrected chi connectivity index (χ0v) is 15.6. The number of carbonyl (C=O) groups excluding carboxylic acids is 1. The molecule has 0 aliphatic rings. The summed E-state index contributed by atoms with van der Waals surface area (Å²) in [6, 6.07) is 8.47. The van der Waals surface area contributed by atoms with Gasteiger partial charge in [-0.15, -0.1) is 13.2 Å². The van der Waals surface area contributed by atoms with Crippen LogP contribution in [0, 0.1) is 0 Å². The number of nitrogens with zero attached hydrogens (tertiary/aromatic N) is 1. The molecule has 0 saturated carbocycles. The molecule has 0 aliphatic heterocycles. The first-order valence-corrected chi connectivity index (χ1v) is 9.12. The Morgan fingerprint density at radius 1 is 1.15 bits per heavy atom. The van der Waals surface area contributed by atoms with Crippen LogP contribution in [0.15, 0.2) is 47.4 Å². The number of hydrogen-bond acceptors (Lipinski definition) is 4. The van der Waals surface area contributed by atoms with Crippen molar-refractivity contribution in [3.8, 4) is 5.75 Å². The molecule has 11 heteroatoms. The first-order chi connectivity index (χ1) is 12.4. The van der Waals surface area contributed by atoms with E-state index in [9.17, 15) is 26.4 Å². The summed E-state index contributed by atoms with van der Waals surface area (Å²) in [6.45, 7) is 0. The Morgan fingerprint density at radius 2 is 1.78 bits per heavy atom. The third-order valence-electron chi connectivity index (χ3n) is 3.31. The molecule has 2 aromatic carbocycles. The Kier molecular flexibility index (Phi) is 6.03. The number of hydrogen-bond donors (Lipinski definition) is 1. The van der Waals surface area contributed by atoms with Crippen molar-refractivity contribution in [2.45, 2.75) is 11.3 Å². The monoisotopic (exact) mass is 422 g/mol. The highest BCUT2D eigenvalue weighted by atomic mass is 35.5. The number of rotatable bonds is 5. The Hall–Kier alpha value is -2.30. The van der Waals surface area contributed by atoms with Crippen LogP contribution in [0.3, 0.4) is 0 Å². The average molecular weight is 423 g/mol. The maximum absolute atomic E-state index is 12.5. The predicted octanol–water partition coefficient (Wildman–Crippen LogP) is 3.74. The van der Waals surface area contributed by atoms with Crippen molar-refractivity contribution in [1.29, 1.82) is 0 Å². The fourth-order valence-electron chi connectivity index (χ4n) is 2.02. The third kappa shape index (κ3) is 5.12. The fourth-order valence-corrected chi connectivity index (χ4v) is 3.41. The molecule has 0 aliphatic carbocycles. The Balaban J connectivity index is 2.36. The van der Waals surface area contributed by atoms with Crippen molar-refractivity contribution in [3.63, 3.8) is 0 Å². The van der Waals surface area contributed by atoms with Crippen LogP contribution in [0.25, 0.3) is 0 Å². The number of amides is 1. The lowest BCUT2D eigenvalue weighted by Gasteiger charge is -2.15. The molecule has 1 amide bonds. The van der Waals surface area contributed by atoms with E-state index in [2.05, 4.69) is 10.1 Å². The van der Waals surface area contributed by atoms with Gasteiger partial charge in [0.25, 0.3) is 5.91 Å². The van der Waals surface area contributed by atoms with Crippen LogP contribution in [0.2, 0.25) is 5.02 Å². The zero-order valence-electron chi connectivity index (χ0n) is 14.0. The number of anilines is 1. The summed E-state index contributed by atoms with van der Waals surface area (Å²) in [5, 5.41) is 2.17. The van der Waals surface area contributed by atoms with E-state index >= 15 is 0 Å². The van der Waals surface area contributed by atoms with Crippen molar-refractivity contribution in [2.75, 3.05) is 19.4 Å². The van der Waals surface area contributed by atoms with E-state index in [-0.39, 0.29) is 21.2 Å². The second-order valence-corrected chi connectivity index (χ2v) is 7.96. The minimum atomic E-state index is -4.94. The molecular formula is C16H14ClF3N2O4S. The van der Waals surface area contributed by atoms with Gasteiger partial charge >= 0.3 is 6.36 Å². The second kappa shape index (κ2) is 7.75. The molecule has 0 atom stereocenters. The third-order valence-corrected chi connectivity index (χ3v) is 5.61. The molecule has 146 valence electrons. The van der Waals surface area contributed by atoms with Crippen molar-refractivity contribution < 1.29 is 31.1 Å². The number of nitrogens with one attached hydrogen (secondary N) is 1. The molecule has 2 rings (SSSR count). The van der Waals surface area contributed by atoms with Gasteiger partial charge in [0.1, 0.15) is 4.90 Å². The first-order valence-electron chi connectivity index (χ1n) is 7.30. The van der Waals surface area contributed by atoms with Gasteiger partial charge in [-0.05, 0) is 30.3 Å². The molecule has 0 spiro atoms. The van der Waals surface area contributed by atoms with Gasteiger partial charge < -0.3 is 10.1 Å². The van der Waals surface area contributed by atoms with Crippen molar-refractivity contribution >= 4 is 33.2 Å². The van der Waals surface area contributed by atoms with Crippen molar-refractivity contribution in [2.24, 2.45) is 0 Å². The minimum absolute atomic E-state index is 0.0962. The van der Waals surface area contributed by atoms with Crippen LogP contribution in [0.1, 0.15) is 10.4 Å². The molecule has 0 heterocycles. The summed E-state index contributed by atoms with van der Waals surface area (Å²) >= 11 is 5.90. The lowest BCUT2D eigenvalue weighted by Crippen LogP contribution is -2.23. The predicted molar refractivity (Wildman–Crippen MR) is 93.4 cm³/mol. The quantitative estimate of drug-likeness (QED) is 0.796. The van der Waals surface area contributed by atoms with E-state index in [4.69, 9.17) is 11.6 Å². The number of carbonyl (C=O) groups is 1. The van der Waals surface area contributed by atoms with E-state index in [0.717, 1.165) is 16.4 Å². The van der Waals surface area contributed by atoms with Crippen LogP contribution in [-0.2, 0) is 10.0 Å². The van der Waals surface area contributed by atoms with Crippen LogP contribution >= 0.6 is 11.6 Å². The van der Waals surface area contributed by atoms with Gasteiger partial charge in [0.2, 0.25) is 10.0 Å². The van der Waals surface area contributed by atoms with Crippen LogP contribution in [0.4, 0.5) is 18.9 Å². The smallest absolute Gasteiger partial charge is 0.404 e. The van der Waals surface area contributed by atoms with Gasteiger partial charge in [-0.1, -0.05) is 23.7 Å². The number of para-hydroxylation sites is 2. The van der Waals surface area contributed by atoms with Crippen LogP contribution in [0.5, 0.6) is 5.75 Å². The average Bonchev–Trinajstić information content (AvgIpc) is 2.55. The molecule has 0 unspecified atom stereocenters. The van der Waals surface area contributed by atoms with E-state index < -0.39 is 28.0 Å². The lowest BCUT2D eigenvalue weighted by molar-refractivity contribution is -0.274. The summed E-state index contributed by atoms with van der Waals surface area (Å²) < 4.78 is 66.7. The normalized spacial score (nSPS) is 12.1. The van der Waals surface area contributed by atoms with Crippen molar-refractivity contribution in [1.82, 2.24) is 4.31 Å². The van der Waals surface area contributed by atoms with E-state index in [1.807, 2.05) is 0 Å². The van der Waals surface area contributed by atoms with E-state index in [1.54, 1.807) is 0 Å². The molecule has 0 fully saturated rings. The van der Waals surface area contributed by atoms with E-state index in [1.165, 1.54) is 44.4 Å². The van der Waals surface area contributed by atoms with Gasteiger partial charge in [0, 0.05) is 19.7 Å². The van der Waals surface area contributed by atoms with Gasteiger partial charge in [0.15, 0.2) is 5.75 Å². The molecule has 0 bridgehead atoms. The minimum Gasteiger partial charge on any atom is -0.404 e. The summed E-state index contributed by atoms with van der Waals surface area (Å²) in [5.41, 5.74) is -0.339.